The molecular formula is C14H21N7O. The van der Waals surface area contributed by atoms with E-state index in [2.05, 4.69) is 26.0 Å². The third-order valence-electron chi connectivity index (χ3n) is 3.82. The second kappa shape index (κ2) is 6.69. The van der Waals surface area contributed by atoms with Crippen LogP contribution >= 0.6 is 0 Å². The fraction of sp³-hybridized carbons (Fsp3) is 0.571. The second-order valence-electron chi connectivity index (χ2n) is 5.67. The molecule has 0 saturated carbocycles. The summed E-state index contributed by atoms with van der Waals surface area (Å²) in [5.74, 6) is -0.195. The standard InChI is InChI=1S/C14H21N7O/c1-11(9-20-8-2-5-16-20)17-14(22)13-10-21(19-18-13)12-3-6-15-7-4-12/h2,5,8,10-12,15H,3-4,6-7,9H2,1H3,(H,17,22). The Bertz CT molecular complexity index is 600. The predicted molar refractivity (Wildman–Crippen MR) is 80.3 cm³/mol. The summed E-state index contributed by atoms with van der Waals surface area (Å²) in [6, 6.07) is 2.16. The summed E-state index contributed by atoms with van der Waals surface area (Å²) < 4.78 is 3.60. The lowest BCUT2D eigenvalue weighted by atomic mass is 10.1. The van der Waals surface area contributed by atoms with Crippen molar-refractivity contribution in [2.45, 2.75) is 38.4 Å². The molecule has 1 aliphatic heterocycles. The van der Waals surface area contributed by atoms with Crippen molar-refractivity contribution in [2.24, 2.45) is 0 Å². The molecule has 1 amide bonds. The van der Waals surface area contributed by atoms with E-state index in [0.29, 0.717) is 18.3 Å². The predicted octanol–water partition coefficient (Wildman–Crippen LogP) is 0.218. The molecule has 0 aromatic carbocycles. The highest BCUT2D eigenvalue weighted by Gasteiger charge is 2.19. The minimum atomic E-state index is -0.195. The molecule has 2 aromatic rings. The molecule has 8 nitrogen and oxygen atoms in total. The molecule has 3 heterocycles. The van der Waals surface area contributed by atoms with Crippen molar-refractivity contribution < 1.29 is 4.79 Å². The van der Waals surface area contributed by atoms with Gasteiger partial charge in [0.25, 0.3) is 5.91 Å². The molecule has 0 bridgehead atoms. The number of piperidine rings is 1. The molecule has 1 saturated heterocycles. The van der Waals surface area contributed by atoms with Crippen LogP contribution in [0.1, 0.15) is 36.3 Å². The van der Waals surface area contributed by atoms with Gasteiger partial charge in [0.1, 0.15) is 0 Å². The topological polar surface area (TPSA) is 89.7 Å². The van der Waals surface area contributed by atoms with Crippen LogP contribution in [0.3, 0.4) is 0 Å². The van der Waals surface area contributed by atoms with E-state index in [1.807, 2.05) is 23.9 Å². The molecular weight excluding hydrogens is 282 g/mol. The molecule has 3 rings (SSSR count). The number of carbonyl (C=O) groups excluding carboxylic acids is 1. The van der Waals surface area contributed by atoms with Gasteiger partial charge in [0, 0.05) is 18.4 Å². The highest BCUT2D eigenvalue weighted by Crippen LogP contribution is 2.16. The Balaban J connectivity index is 1.56. The summed E-state index contributed by atoms with van der Waals surface area (Å²) >= 11 is 0. The zero-order valence-corrected chi connectivity index (χ0v) is 12.6. The lowest BCUT2D eigenvalue weighted by molar-refractivity contribution is 0.0931. The first-order valence-corrected chi connectivity index (χ1v) is 7.63. The van der Waals surface area contributed by atoms with E-state index < -0.39 is 0 Å². The number of hydrogen-bond donors (Lipinski definition) is 2. The zero-order valence-electron chi connectivity index (χ0n) is 12.6. The van der Waals surface area contributed by atoms with E-state index in [9.17, 15) is 4.79 Å². The molecule has 118 valence electrons. The van der Waals surface area contributed by atoms with Crippen LogP contribution in [0.5, 0.6) is 0 Å². The third-order valence-corrected chi connectivity index (χ3v) is 3.82. The molecule has 22 heavy (non-hydrogen) atoms. The summed E-state index contributed by atoms with van der Waals surface area (Å²) in [5.41, 5.74) is 0.367. The maximum Gasteiger partial charge on any atom is 0.273 e. The van der Waals surface area contributed by atoms with Crippen molar-refractivity contribution in [3.63, 3.8) is 0 Å². The number of carbonyl (C=O) groups is 1. The molecule has 1 unspecified atom stereocenters. The Kier molecular flexibility index (Phi) is 4.47. The Morgan fingerprint density at radius 2 is 2.32 bits per heavy atom. The minimum Gasteiger partial charge on any atom is -0.346 e. The van der Waals surface area contributed by atoms with Crippen molar-refractivity contribution in [1.29, 1.82) is 0 Å². The van der Waals surface area contributed by atoms with Crippen molar-refractivity contribution >= 4 is 5.91 Å². The summed E-state index contributed by atoms with van der Waals surface area (Å²) in [7, 11) is 0. The Morgan fingerprint density at radius 1 is 1.50 bits per heavy atom. The highest BCUT2D eigenvalue weighted by atomic mass is 16.2. The van der Waals surface area contributed by atoms with Crippen LogP contribution in [-0.4, -0.2) is 49.8 Å². The molecule has 1 atom stereocenters. The molecule has 1 aliphatic rings. The van der Waals surface area contributed by atoms with Crippen LogP contribution in [0, 0.1) is 0 Å². The Hall–Kier alpha value is -2.22. The third kappa shape index (κ3) is 3.51. The molecule has 0 spiro atoms. The van der Waals surface area contributed by atoms with Crippen LogP contribution in [0.2, 0.25) is 0 Å². The first kappa shape index (κ1) is 14.7. The zero-order chi connectivity index (χ0) is 15.4. The lowest BCUT2D eigenvalue weighted by Crippen LogP contribution is -2.36. The van der Waals surface area contributed by atoms with Crippen molar-refractivity contribution in [2.75, 3.05) is 13.1 Å². The van der Waals surface area contributed by atoms with Gasteiger partial charge in [0.15, 0.2) is 5.69 Å². The van der Waals surface area contributed by atoms with Crippen LogP contribution in [0.4, 0.5) is 0 Å². The normalized spacial score (nSPS) is 17.3. The van der Waals surface area contributed by atoms with E-state index in [1.54, 1.807) is 17.1 Å². The number of aromatic nitrogens is 5. The highest BCUT2D eigenvalue weighted by molar-refractivity contribution is 5.92. The lowest BCUT2D eigenvalue weighted by Gasteiger charge is -2.22. The fourth-order valence-corrected chi connectivity index (χ4v) is 2.66. The van der Waals surface area contributed by atoms with Crippen LogP contribution in [-0.2, 0) is 6.54 Å². The van der Waals surface area contributed by atoms with Gasteiger partial charge in [0.2, 0.25) is 0 Å². The van der Waals surface area contributed by atoms with Gasteiger partial charge in [-0.15, -0.1) is 5.10 Å². The Morgan fingerprint density at radius 3 is 3.05 bits per heavy atom. The summed E-state index contributed by atoms with van der Waals surface area (Å²) in [5, 5.41) is 18.5. The van der Waals surface area contributed by atoms with Gasteiger partial charge in [-0.1, -0.05) is 5.21 Å². The molecule has 1 fully saturated rings. The summed E-state index contributed by atoms with van der Waals surface area (Å²) in [4.78, 5) is 12.2. The van der Waals surface area contributed by atoms with Gasteiger partial charge in [-0.3, -0.25) is 9.48 Å². The molecule has 2 N–H and O–H groups in total. The summed E-state index contributed by atoms with van der Waals surface area (Å²) in [6.45, 7) is 4.53. The molecule has 0 aliphatic carbocycles. The van der Waals surface area contributed by atoms with Crippen LogP contribution < -0.4 is 10.6 Å². The minimum absolute atomic E-state index is 0.0311. The number of rotatable bonds is 5. The maximum absolute atomic E-state index is 12.2. The number of amides is 1. The van der Waals surface area contributed by atoms with E-state index in [-0.39, 0.29) is 11.9 Å². The monoisotopic (exact) mass is 303 g/mol. The van der Waals surface area contributed by atoms with Gasteiger partial charge in [-0.2, -0.15) is 5.10 Å². The Labute approximate surface area is 128 Å². The first-order chi connectivity index (χ1) is 10.7. The van der Waals surface area contributed by atoms with Gasteiger partial charge in [-0.25, -0.2) is 4.68 Å². The van der Waals surface area contributed by atoms with Gasteiger partial charge >= 0.3 is 0 Å². The van der Waals surface area contributed by atoms with Crippen molar-refractivity contribution in [3.05, 3.63) is 30.4 Å². The largest absolute Gasteiger partial charge is 0.346 e. The fourth-order valence-electron chi connectivity index (χ4n) is 2.66. The van der Waals surface area contributed by atoms with Crippen molar-refractivity contribution in [3.8, 4) is 0 Å². The average Bonchev–Trinajstić information content (AvgIpc) is 3.19. The average molecular weight is 303 g/mol. The number of nitrogens with one attached hydrogen (secondary N) is 2. The van der Waals surface area contributed by atoms with E-state index in [0.717, 1.165) is 25.9 Å². The maximum atomic E-state index is 12.2. The number of hydrogen-bond acceptors (Lipinski definition) is 5. The van der Waals surface area contributed by atoms with E-state index >= 15 is 0 Å². The SMILES string of the molecule is CC(Cn1cccn1)NC(=O)c1cn(C2CCNCC2)nn1. The van der Waals surface area contributed by atoms with E-state index in [4.69, 9.17) is 0 Å². The first-order valence-electron chi connectivity index (χ1n) is 7.63. The van der Waals surface area contributed by atoms with E-state index in [1.165, 1.54) is 0 Å². The second-order valence-corrected chi connectivity index (χ2v) is 5.67. The summed E-state index contributed by atoms with van der Waals surface area (Å²) in [6.07, 6.45) is 7.36. The molecule has 2 aromatic heterocycles. The van der Waals surface area contributed by atoms with Gasteiger partial charge in [-0.05, 0) is 38.9 Å². The molecule has 0 radical (unpaired) electrons. The van der Waals surface area contributed by atoms with Crippen LogP contribution in [0.25, 0.3) is 0 Å². The quantitative estimate of drug-likeness (QED) is 0.824. The van der Waals surface area contributed by atoms with Gasteiger partial charge < -0.3 is 10.6 Å². The van der Waals surface area contributed by atoms with Crippen molar-refractivity contribution in [1.82, 2.24) is 35.4 Å². The van der Waals surface area contributed by atoms with Crippen LogP contribution in [0.15, 0.2) is 24.7 Å². The van der Waals surface area contributed by atoms with Gasteiger partial charge in [0.05, 0.1) is 18.8 Å². The smallest absolute Gasteiger partial charge is 0.273 e. The number of nitrogens with zero attached hydrogens (tertiary/aromatic N) is 5. The molecule has 8 heteroatoms.